The fraction of sp³-hybridized carbons (Fsp3) is 0.360. The molecule has 2 amide bonds. The molecule has 0 spiro atoms. The lowest BCUT2D eigenvalue weighted by atomic mass is 9.96. The summed E-state index contributed by atoms with van der Waals surface area (Å²) in [4.78, 5) is 30.6. The van der Waals surface area contributed by atoms with Crippen LogP contribution in [0.5, 0.6) is 0 Å². The maximum Gasteiger partial charge on any atom is 0.282 e. The minimum absolute atomic E-state index is 0.0743. The van der Waals surface area contributed by atoms with Crippen LogP contribution in [0.4, 0.5) is 5.69 Å². The van der Waals surface area contributed by atoms with Crippen LogP contribution in [0.15, 0.2) is 42.1 Å². The minimum atomic E-state index is -0.320. The molecular weight excluding hydrogens is 412 g/mol. The molecule has 0 aliphatic carbocycles. The third-order valence-electron chi connectivity index (χ3n) is 6.35. The molecule has 5 nitrogen and oxygen atoms in total. The first-order chi connectivity index (χ1) is 14.8. The topological polar surface area (TPSA) is 60.9 Å². The van der Waals surface area contributed by atoms with Gasteiger partial charge in [-0.1, -0.05) is 29.8 Å². The quantitative estimate of drug-likeness (QED) is 0.725. The fourth-order valence-corrected chi connectivity index (χ4v) is 4.70. The number of likely N-dealkylation sites (tertiary alicyclic amines) is 1. The molecule has 2 heterocycles. The molecule has 2 aliphatic rings. The van der Waals surface area contributed by atoms with Crippen LogP contribution in [0.1, 0.15) is 35.1 Å². The Kier molecular flexibility index (Phi) is 5.91. The van der Waals surface area contributed by atoms with E-state index in [1.165, 1.54) is 4.90 Å². The maximum absolute atomic E-state index is 13.7. The van der Waals surface area contributed by atoms with E-state index in [9.17, 15) is 14.7 Å². The lowest BCUT2D eigenvalue weighted by Crippen LogP contribution is -2.40. The third-order valence-corrected chi connectivity index (χ3v) is 6.58. The van der Waals surface area contributed by atoms with Gasteiger partial charge in [-0.25, -0.2) is 4.90 Å². The van der Waals surface area contributed by atoms with Crippen molar-refractivity contribution in [2.75, 3.05) is 24.6 Å². The molecule has 2 aromatic rings. The van der Waals surface area contributed by atoms with Gasteiger partial charge in [-0.3, -0.25) is 9.59 Å². The first-order valence-corrected chi connectivity index (χ1v) is 11.0. The molecule has 4 rings (SSSR count). The van der Waals surface area contributed by atoms with Gasteiger partial charge in [-0.05, 0) is 80.0 Å². The summed E-state index contributed by atoms with van der Waals surface area (Å²) in [5.74, 6) is -0.543. The molecule has 0 radical (unpaired) electrons. The van der Waals surface area contributed by atoms with Crippen LogP contribution in [0, 0.1) is 26.7 Å². The van der Waals surface area contributed by atoms with Crippen LogP contribution in [-0.2, 0) is 9.59 Å². The standard InChI is InChI=1S/C25H27ClN2O3/c1-15-6-7-19(11-16(15)2)22-23(27-10-4-5-18(13-27)14-29)25(31)28(24(22)30)21-9-8-20(26)12-17(21)3/h6-9,11-12,18,29H,4-5,10,13-14H2,1-3H3. The largest absolute Gasteiger partial charge is 0.396 e. The van der Waals surface area contributed by atoms with Crippen molar-refractivity contribution in [2.45, 2.75) is 33.6 Å². The summed E-state index contributed by atoms with van der Waals surface area (Å²) >= 11 is 6.10. The molecule has 162 valence electrons. The maximum atomic E-state index is 13.7. The van der Waals surface area contributed by atoms with E-state index in [4.69, 9.17) is 11.6 Å². The highest BCUT2D eigenvalue weighted by Crippen LogP contribution is 2.38. The Morgan fingerprint density at radius 2 is 1.77 bits per heavy atom. The van der Waals surface area contributed by atoms with Gasteiger partial charge in [0.2, 0.25) is 0 Å². The molecule has 0 aromatic heterocycles. The predicted octanol–water partition coefficient (Wildman–Crippen LogP) is 4.25. The Balaban J connectivity index is 1.85. The van der Waals surface area contributed by atoms with Gasteiger partial charge in [0, 0.05) is 24.7 Å². The van der Waals surface area contributed by atoms with Crippen molar-refractivity contribution >= 4 is 34.7 Å². The number of amides is 2. The first-order valence-electron chi connectivity index (χ1n) is 10.6. The van der Waals surface area contributed by atoms with Gasteiger partial charge in [-0.2, -0.15) is 0 Å². The van der Waals surface area contributed by atoms with E-state index < -0.39 is 0 Å². The number of aliphatic hydroxyl groups excluding tert-OH is 1. The van der Waals surface area contributed by atoms with Crippen LogP contribution in [0.25, 0.3) is 5.57 Å². The third kappa shape index (κ3) is 3.88. The number of anilines is 1. The average molecular weight is 439 g/mol. The zero-order valence-electron chi connectivity index (χ0n) is 18.1. The van der Waals surface area contributed by atoms with Crippen molar-refractivity contribution in [3.8, 4) is 0 Å². The fourth-order valence-electron chi connectivity index (χ4n) is 4.47. The van der Waals surface area contributed by atoms with Crippen LogP contribution >= 0.6 is 11.6 Å². The number of aliphatic hydroxyl groups is 1. The summed E-state index contributed by atoms with van der Waals surface area (Å²) in [6.07, 6.45) is 1.79. The van der Waals surface area contributed by atoms with Gasteiger partial charge in [-0.15, -0.1) is 0 Å². The number of nitrogens with zero attached hydrogens (tertiary/aromatic N) is 2. The summed E-state index contributed by atoms with van der Waals surface area (Å²) in [7, 11) is 0. The average Bonchev–Trinajstić information content (AvgIpc) is 3.00. The number of carbonyl (C=O) groups excluding carboxylic acids is 2. The van der Waals surface area contributed by atoms with E-state index in [-0.39, 0.29) is 24.3 Å². The molecule has 1 N–H and O–H groups in total. The van der Waals surface area contributed by atoms with Crippen LogP contribution < -0.4 is 4.90 Å². The van der Waals surface area contributed by atoms with E-state index in [1.54, 1.807) is 18.2 Å². The number of benzene rings is 2. The van der Waals surface area contributed by atoms with E-state index >= 15 is 0 Å². The Bertz CT molecular complexity index is 1090. The van der Waals surface area contributed by atoms with Crippen LogP contribution in [0.2, 0.25) is 5.02 Å². The second-order valence-electron chi connectivity index (χ2n) is 8.54. The van der Waals surface area contributed by atoms with Gasteiger partial charge in [0.15, 0.2) is 0 Å². The van der Waals surface area contributed by atoms with Crippen LogP contribution in [0.3, 0.4) is 0 Å². The smallest absolute Gasteiger partial charge is 0.282 e. The molecule has 0 saturated carbocycles. The SMILES string of the molecule is Cc1ccc(C2=C(N3CCCC(CO)C3)C(=O)N(c3ccc(Cl)cc3C)C2=O)cc1C. The molecule has 1 atom stereocenters. The zero-order valence-corrected chi connectivity index (χ0v) is 18.9. The van der Waals surface area contributed by atoms with Gasteiger partial charge >= 0.3 is 0 Å². The lowest BCUT2D eigenvalue weighted by molar-refractivity contribution is -0.120. The van der Waals surface area contributed by atoms with E-state index in [0.717, 1.165) is 35.1 Å². The highest BCUT2D eigenvalue weighted by atomic mass is 35.5. The van der Waals surface area contributed by atoms with Crippen molar-refractivity contribution in [3.05, 3.63) is 69.4 Å². The second kappa shape index (κ2) is 8.48. The Morgan fingerprint density at radius 3 is 2.45 bits per heavy atom. The number of piperidine rings is 1. The van der Waals surface area contributed by atoms with Gasteiger partial charge in [0.1, 0.15) is 5.70 Å². The van der Waals surface area contributed by atoms with Gasteiger partial charge < -0.3 is 10.0 Å². The molecule has 0 bridgehead atoms. The van der Waals surface area contributed by atoms with Crippen molar-refractivity contribution in [1.29, 1.82) is 0 Å². The summed E-state index contributed by atoms with van der Waals surface area (Å²) in [6.45, 7) is 7.20. The number of halogens is 1. The normalized spacial score (nSPS) is 19.6. The number of rotatable bonds is 4. The number of imide groups is 1. The Labute approximate surface area is 187 Å². The summed E-state index contributed by atoms with van der Waals surface area (Å²) in [6, 6.07) is 11.0. The Morgan fingerprint density at radius 1 is 1.00 bits per heavy atom. The first kappa shape index (κ1) is 21.6. The minimum Gasteiger partial charge on any atom is -0.396 e. The van der Waals surface area contributed by atoms with Crippen molar-refractivity contribution in [1.82, 2.24) is 4.90 Å². The predicted molar refractivity (Wildman–Crippen MR) is 123 cm³/mol. The Hall–Kier alpha value is -2.63. The second-order valence-corrected chi connectivity index (χ2v) is 8.97. The zero-order chi connectivity index (χ0) is 22.3. The highest BCUT2D eigenvalue weighted by molar-refractivity contribution is 6.45. The van der Waals surface area contributed by atoms with Crippen LogP contribution in [-0.4, -0.2) is 41.5 Å². The van der Waals surface area contributed by atoms with E-state index in [2.05, 4.69) is 0 Å². The number of hydrogen-bond acceptors (Lipinski definition) is 4. The molecular formula is C25H27ClN2O3. The van der Waals surface area contributed by atoms with Gasteiger partial charge in [0.05, 0.1) is 11.3 Å². The molecule has 31 heavy (non-hydrogen) atoms. The number of aryl methyl sites for hydroxylation is 3. The van der Waals surface area contributed by atoms with Crippen molar-refractivity contribution < 1.29 is 14.7 Å². The molecule has 1 unspecified atom stereocenters. The monoisotopic (exact) mass is 438 g/mol. The summed E-state index contributed by atoms with van der Waals surface area (Å²) in [5, 5.41) is 10.3. The van der Waals surface area contributed by atoms with Crippen molar-refractivity contribution in [2.24, 2.45) is 5.92 Å². The molecule has 1 fully saturated rings. The molecule has 1 saturated heterocycles. The number of hydrogen-bond donors (Lipinski definition) is 1. The molecule has 2 aliphatic heterocycles. The molecule has 2 aromatic carbocycles. The summed E-state index contributed by atoms with van der Waals surface area (Å²) < 4.78 is 0. The van der Waals surface area contributed by atoms with Crippen molar-refractivity contribution in [3.63, 3.8) is 0 Å². The van der Waals surface area contributed by atoms with E-state index in [1.807, 2.05) is 43.9 Å². The summed E-state index contributed by atoms with van der Waals surface area (Å²) in [5.41, 5.74) is 5.12. The van der Waals surface area contributed by atoms with E-state index in [0.29, 0.717) is 35.1 Å². The number of carbonyl (C=O) groups is 2. The molecule has 6 heteroatoms. The lowest BCUT2D eigenvalue weighted by Gasteiger charge is -2.34. The highest BCUT2D eigenvalue weighted by Gasteiger charge is 2.43. The van der Waals surface area contributed by atoms with Gasteiger partial charge in [0.25, 0.3) is 11.8 Å².